The zero-order valence-corrected chi connectivity index (χ0v) is 10.6. The zero-order valence-electron chi connectivity index (χ0n) is 10.6. The number of hydrogen-bond donors (Lipinski definition) is 0. The van der Waals surface area contributed by atoms with Crippen LogP contribution in [0.25, 0.3) is 0 Å². The second kappa shape index (κ2) is 3.87. The van der Waals surface area contributed by atoms with Gasteiger partial charge in [0.1, 0.15) is 5.60 Å². The Morgan fingerprint density at radius 2 is 2.28 bits per heavy atom. The first-order valence-electron chi connectivity index (χ1n) is 6.34. The van der Waals surface area contributed by atoms with Crippen LogP contribution < -0.4 is 0 Å². The summed E-state index contributed by atoms with van der Waals surface area (Å²) in [4.78, 5) is 13.9. The normalized spacial score (nSPS) is 30.2. The van der Waals surface area contributed by atoms with Crippen LogP contribution in [0.3, 0.4) is 0 Å². The number of rotatable bonds is 1. The average molecular weight is 243 g/mol. The lowest BCUT2D eigenvalue weighted by molar-refractivity contribution is -0.0363. The predicted octanol–water partition coefficient (Wildman–Crippen LogP) is 3.07. The molecule has 1 saturated heterocycles. The van der Waals surface area contributed by atoms with Crippen molar-refractivity contribution >= 4 is 6.09 Å². The zero-order chi connectivity index (χ0) is 12.8. The van der Waals surface area contributed by atoms with E-state index in [0.717, 1.165) is 19.4 Å². The summed E-state index contributed by atoms with van der Waals surface area (Å²) in [7, 11) is 0. The van der Waals surface area contributed by atoms with E-state index in [1.165, 1.54) is 11.1 Å². The van der Waals surface area contributed by atoms with E-state index in [4.69, 9.17) is 4.74 Å². The fourth-order valence-corrected chi connectivity index (χ4v) is 2.90. The SMILES string of the molecule is C=C[C@]1(C)C[C@@H]2c3ccccc3CCN2C(=O)O1. The Bertz CT molecular complexity index is 511. The molecule has 3 heteroatoms. The fourth-order valence-electron chi connectivity index (χ4n) is 2.90. The van der Waals surface area contributed by atoms with Crippen molar-refractivity contribution in [3.63, 3.8) is 0 Å². The number of fused-ring (bicyclic) bond motifs is 3. The fraction of sp³-hybridized carbons (Fsp3) is 0.400. The Kier molecular flexibility index (Phi) is 2.44. The van der Waals surface area contributed by atoms with Gasteiger partial charge in [0.15, 0.2) is 0 Å². The first-order chi connectivity index (χ1) is 8.63. The van der Waals surface area contributed by atoms with Crippen LogP contribution in [0, 0.1) is 0 Å². The smallest absolute Gasteiger partial charge is 0.411 e. The molecule has 0 radical (unpaired) electrons. The van der Waals surface area contributed by atoms with Gasteiger partial charge in [-0.3, -0.25) is 0 Å². The molecular formula is C15H17NO2. The maximum atomic E-state index is 12.1. The lowest BCUT2D eigenvalue weighted by Gasteiger charge is -2.45. The molecule has 2 atom stereocenters. The van der Waals surface area contributed by atoms with Crippen molar-refractivity contribution in [1.82, 2.24) is 4.90 Å². The summed E-state index contributed by atoms with van der Waals surface area (Å²) in [6.45, 7) is 6.46. The highest BCUT2D eigenvalue weighted by Crippen LogP contribution is 2.41. The molecule has 0 N–H and O–H groups in total. The minimum absolute atomic E-state index is 0.124. The Morgan fingerprint density at radius 1 is 1.50 bits per heavy atom. The number of carbonyl (C=O) groups excluding carboxylic acids is 1. The first kappa shape index (κ1) is 11.3. The van der Waals surface area contributed by atoms with Gasteiger partial charge in [-0.15, -0.1) is 0 Å². The summed E-state index contributed by atoms with van der Waals surface area (Å²) >= 11 is 0. The molecule has 1 amide bonds. The van der Waals surface area contributed by atoms with E-state index in [1.807, 2.05) is 17.9 Å². The Balaban J connectivity index is 2.03. The maximum Gasteiger partial charge on any atom is 0.411 e. The molecule has 2 aliphatic rings. The molecule has 0 saturated carbocycles. The van der Waals surface area contributed by atoms with Crippen molar-refractivity contribution in [1.29, 1.82) is 0 Å². The van der Waals surface area contributed by atoms with Crippen molar-refractivity contribution in [3.05, 3.63) is 48.0 Å². The van der Waals surface area contributed by atoms with Gasteiger partial charge in [-0.05, 0) is 30.5 Å². The van der Waals surface area contributed by atoms with Crippen LogP contribution in [0.5, 0.6) is 0 Å². The molecule has 1 aromatic carbocycles. The predicted molar refractivity (Wildman–Crippen MR) is 69.3 cm³/mol. The third kappa shape index (κ3) is 1.62. The van der Waals surface area contributed by atoms with Crippen molar-refractivity contribution in [2.24, 2.45) is 0 Å². The molecule has 0 aromatic heterocycles. The topological polar surface area (TPSA) is 29.5 Å². The highest BCUT2D eigenvalue weighted by molar-refractivity contribution is 5.71. The van der Waals surface area contributed by atoms with E-state index in [2.05, 4.69) is 24.8 Å². The van der Waals surface area contributed by atoms with Gasteiger partial charge in [-0.2, -0.15) is 0 Å². The molecule has 18 heavy (non-hydrogen) atoms. The molecule has 3 nitrogen and oxygen atoms in total. The molecule has 0 unspecified atom stereocenters. The highest BCUT2D eigenvalue weighted by Gasteiger charge is 2.43. The number of benzene rings is 1. The summed E-state index contributed by atoms with van der Waals surface area (Å²) in [5.41, 5.74) is 2.05. The van der Waals surface area contributed by atoms with Crippen LogP contribution in [0.2, 0.25) is 0 Å². The van der Waals surface area contributed by atoms with Crippen LogP contribution in [0.1, 0.15) is 30.5 Å². The summed E-state index contributed by atoms with van der Waals surface area (Å²) < 4.78 is 5.48. The molecule has 0 spiro atoms. The Morgan fingerprint density at radius 3 is 3.06 bits per heavy atom. The lowest BCUT2D eigenvalue weighted by Crippen LogP contribution is -2.51. The molecule has 0 bridgehead atoms. The number of hydrogen-bond acceptors (Lipinski definition) is 2. The molecular weight excluding hydrogens is 226 g/mol. The van der Waals surface area contributed by atoms with Crippen LogP contribution in [0.4, 0.5) is 4.79 Å². The summed E-state index contributed by atoms with van der Waals surface area (Å²) in [5, 5.41) is 0. The molecule has 1 fully saturated rings. The largest absolute Gasteiger partial charge is 0.439 e. The number of carbonyl (C=O) groups is 1. The third-order valence-corrected chi connectivity index (χ3v) is 4.00. The van der Waals surface area contributed by atoms with Crippen LogP contribution in [-0.2, 0) is 11.2 Å². The standard InChI is InChI=1S/C15H17NO2/c1-3-15(2)10-13-12-7-5-4-6-11(12)8-9-16(13)14(17)18-15/h3-7,13H,1,8-10H2,2H3/t13-,15-/m1/s1. The van der Waals surface area contributed by atoms with Gasteiger partial charge in [0.25, 0.3) is 0 Å². The van der Waals surface area contributed by atoms with Gasteiger partial charge >= 0.3 is 6.09 Å². The molecule has 2 heterocycles. The molecule has 94 valence electrons. The highest BCUT2D eigenvalue weighted by atomic mass is 16.6. The number of nitrogens with zero attached hydrogens (tertiary/aromatic N) is 1. The number of amides is 1. The van der Waals surface area contributed by atoms with Crippen molar-refractivity contribution < 1.29 is 9.53 Å². The molecule has 3 rings (SSSR count). The van der Waals surface area contributed by atoms with Crippen molar-refractivity contribution in [3.8, 4) is 0 Å². The number of ether oxygens (including phenoxy) is 1. The van der Waals surface area contributed by atoms with Gasteiger partial charge in [-0.1, -0.05) is 30.8 Å². The summed E-state index contributed by atoms with van der Waals surface area (Å²) in [6.07, 6.45) is 3.20. The van der Waals surface area contributed by atoms with Crippen LogP contribution in [-0.4, -0.2) is 23.1 Å². The van der Waals surface area contributed by atoms with Gasteiger partial charge in [-0.25, -0.2) is 4.79 Å². The molecule has 0 aliphatic carbocycles. The Hall–Kier alpha value is -1.77. The monoisotopic (exact) mass is 243 g/mol. The van der Waals surface area contributed by atoms with E-state index in [1.54, 1.807) is 6.08 Å². The minimum atomic E-state index is -0.553. The van der Waals surface area contributed by atoms with Gasteiger partial charge in [0.2, 0.25) is 0 Å². The van der Waals surface area contributed by atoms with Gasteiger partial charge < -0.3 is 9.64 Å². The van der Waals surface area contributed by atoms with E-state index < -0.39 is 5.60 Å². The third-order valence-electron chi connectivity index (χ3n) is 4.00. The second-order valence-electron chi connectivity index (χ2n) is 5.25. The minimum Gasteiger partial charge on any atom is -0.439 e. The second-order valence-corrected chi connectivity index (χ2v) is 5.25. The molecule has 1 aromatic rings. The Labute approximate surface area is 107 Å². The van der Waals surface area contributed by atoms with Crippen molar-refractivity contribution in [2.75, 3.05) is 6.54 Å². The van der Waals surface area contributed by atoms with Crippen LogP contribution in [0.15, 0.2) is 36.9 Å². The van der Waals surface area contributed by atoms with Crippen LogP contribution >= 0.6 is 0 Å². The van der Waals surface area contributed by atoms with E-state index >= 15 is 0 Å². The maximum absolute atomic E-state index is 12.1. The quantitative estimate of drug-likeness (QED) is 0.709. The van der Waals surface area contributed by atoms with E-state index in [-0.39, 0.29) is 12.1 Å². The van der Waals surface area contributed by atoms with Gasteiger partial charge in [0.05, 0.1) is 6.04 Å². The van der Waals surface area contributed by atoms with Crippen molar-refractivity contribution in [2.45, 2.75) is 31.4 Å². The molecule has 2 aliphatic heterocycles. The lowest BCUT2D eigenvalue weighted by atomic mass is 9.84. The summed E-state index contributed by atoms with van der Waals surface area (Å²) in [6, 6.07) is 8.49. The first-order valence-corrected chi connectivity index (χ1v) is 6.34. The van der Waals surface area contributed by atoms with E-state index in [0.29, 0.717) is 0 Å². The summed E-state index contributed by atoms with van der Waals surface area (Å²) in [5.74, 6) is 0. The average Bonchev–Trinajstić information content (AvgIpc) is 2.38. The number of cyclic esters (lactones) is 1. The van der Waals surface area contributed by atoms with Gasteiger partial charge in [0, 0.05) is 13.0 Å². The van der Waals surface area contributed by atoms with E-state index in [9.17, 15) is 4.79 Å².